The summed E-state index contributed by atoms with van der Waals surface area (Å²) in [6, 6.07) is 2.77. The van der Waals surface area contributed by atoms with Gasteiger partial charge in [-0.15, -0.1) is 0 Å². The normalized spacial score (nSPS) is 52.4. The Morgan fingerprint density at radius 3 is 1.29 bits per heavy atom. The topological polar surface area (TPSA) is 43.4 Å². The fourth-order valence-electron chi connectivity index (χ4n) is 15.0. The van der Waals surface area contributed by atoms with E-state index in [1.807, 2.05) is 0 Å². The van der Waals surface area contributed by atoms with E-state index in [9.17, 15) is 0 Å². The molecule has 0 radical (unpaired) electrons. The van der Waals surface area contributed by atoms with Crippen LogP contribution < -0.4 is 0 Å². The first kappa shape index (κ1) is 33.6. The molecule has 0 amide bonds. The number of hydrogen-bond donors (Lipinski definition) is 0. The summed E-state index contributed by atoms with van der Waals surface area (Å²) in [7, 11) is 0. The maximum absolute atomic E-state index is 7.44. The Morgan fingerprint density at radius 2 is 0.833 bits per heavy atom. The Kier molecular flexibility index (Phi) is 9.82. The van der Waals surface area contributed by atoms with Gasteiger partial charge in [0.1, 0.15) is 0 Å². The Balaban J connectivity index is 0.835. The Labute approximate surface area is 305 Å². The van der Waals surface area contributed by atoms with Gasteiger partial charge in [0.15, 0.2) is 0 Å². The minimum atomic E-state index is -2.42. The first-order valence-corrected chi connectivity index (χ1v) is 27.9. The molecule has 8 heteroatoms. The SMILES string of the molecule is CC1CCC2CCCC3[O][Ga]([O]C4CCC(C5CCC([O][Ga]6[O]C7CCCC8CCC(C)[N]6C87)C6CCCCC65)C5CCCCC45)[N]1C23. The number of piperidine rings is 2. The van der Waals surface area contributed by atoms with Crippen molar-refractivity contribution in [2.45, 2.75) is 204 Å². The molecular weight excluding hydrogens is 712 g/mol. The van der Waals surface area contributed by atoms with Gasteiger partial charge in [-0.2, -0.15) is 0 Å². The van der Waals surface area contributed by atoms with Gasteiger partial charge in [-0.25, -0.2) is 0 Å². The zero-order valence-electron chi connectivity index (χ0n) is 30.5. The second-order valence-corrected chi connectivity index (χ2v) is 26.5. The predicted octanol–water partition coefficient (Wildman–Crippen LogP) is 8.26. The molecule has 0 aromatic heterocycles. The predicted molar refractivity (Wildman–Crippen MR) is 191 cm³/mol. The number of rotatable bonds is 5. The summed E-state index contributed by atoms with van der Waals surface area (Å²) in [5.41, 5.74) is 0. The second kappa shape index (κ2) is 14.0. The Bertz CT molecular complexity index is 1060. The van der Waals surface area contributed by atoms with Crippen LogP contribution in [0.4, 0.5) is 0 Å². The van der Waals surface area contributed by atoms with Gasteiger partial charge in [0.2, 0.25) is 0 Å². The molecule has 6 nitrogen and oxygen atoms in total. The molecule has 16 atom stereocenters. The molecule has 4 saturated heterocycles. The third kappa shape index (κ3) is 5.80. The molecule has 0 spiro atoms. The van der Waals surface area contributed by atoms with E-state index in [1.165, 1.54) is 141 Å². The average Bonchev–Trinajstić information content (AvgIpc) is 3.69. The van der Waals surface area contributed by atoms with Gasteiger partial charge in [-0.05, 0) is 0 Å². The zero-order valence-corrected chi connectivity index (χ0v) is 35.3. The van der Waals surface area contributed by atoms with Crippen LogP contribution in [-0.2, 0) is 14.1 Å². The van der Waals surface area contributed by atoms with Crippen LogP contribution in [0.2, 0.25) is 0 Å². The van der Waals surface area contributed by atoms with E-state index >= 15 is 0 Å². The van der Waals surface area contributed by atoms with Gasteiger partial charge in [0.25, 0.3) is 0 Å². The Hall–Kier alpha value is 1.03. The molecule has 48 heavy (non-hydrogen) atoms. The zero-order chi connectivity index (χ0) is 31.9. The molecular formula is C40H66Ga2N2O4. The van der Waals surface area contributed by atoms with Crippen LogP contribution in [0.15, 0.2) is 0 Å². The quantitative estimate of drug-likeness (QED) is 0.262. The van der Waals surface area contributed by atoms with E-state index in [0.29, 0.717) is 48.6 Å². The standard InChI is InChI=1S/C20H32O2.2C10H17NO.2Ga/c21-19-11-9-15(13-5-1-3-7-17(13)19)16-10-12-20(22)18-8-4-2-6-14(16)18;2*1-7-5-6-8-3-2-4-9(12)10(8)11-7;;/h13-20H,1-12H2;2*7-10H,2-6H2,1H3;;/q3*-2;2*+3. The van der Waals surface area contributed by atoms with E-state index in [-0.39, 0.29) is 0 Å². The minimum absolute atomic E-state index is 0.484. The summed E-state index contributed by atoms with van der Waals surface area (Å²) < 4.78 is 34.8. The summed E-state index contributed by atoms with van der Waals surface area (Å²) in [4.78, 5) is 0. The number of fused-ring (bicyclic) bond motifs is 2. The summed E-state index contributed by atoms with van der Waals surface area (Å²) >= 11 is -4.83. The summed E-state index contributed by atoms with van der Waals surface area (Å²) in [5.74, 6) is 6.99. The molecule has 0 aromatic rings. The van der Waals surface area contributed by atoms with Crippen molar-refractivity contribution in [1.82, 2.24) is 7.21 Å². The van der Waals surface area contributed by atoms with Crippen molar-refractivity contribution >= 4 is 34.4 Å². The molecule has 0 N–H and O–H groups in total. The van der Waals surface area contributed by atoms with Crippen LogP contribution >= 0.6 is 0 Å². The van der Waals surface area contributed by atoms with E-state index in [4.69, 9.17) is 14.1 Å². The molecule has 6 saturated carbocycles. The molecule has 10 aliphatic rings. The van der Waals surface area contributed by atoms with Crippen LogP contribution in [-0.4, -0.2) is 90.2 Å². The molecule has 4 heterocycles. The van der Waals surface area contributed by atoms with E-state index < -0.39 is 34.4 Å². The van der Waals surface area contributed by atoms with Crippen LogP contribution in [0.1, 0.15) is 155 Å². The number of hydrogen-bond acceptors (Lipinski definition) is 6. The third-order valence-corrected chi connectivity index (χ3v) is 27.6. The molecule has 0 bridgehead atoms. The molecule has 4 aliphatic heterocycles. The monoisotopic (exact) mass is 776 g/mol. The van der Waals surface area contributed by atoms with Crippen molar-refractivity contribution in [3.05, 3.63) is 0 Å². The van der Waals surface area contributed by atoms with Gasteiger partial charge in [0.05, 0.1) is 0 Å². The van der Waals surface area contributed by atoms with Crippen LogP contribution in [0.5, 0.6) is 0 Å². The fraction of sp³-hybridized carbons (Fsp3) is 1.00. The summed E-state index contributed by atoms with van der Waals surface area (Å²) in [6.07, 6.45) is 32.8. The first-order chi connectivity index (χ1) is 23.6. The van der Waals surface area contributed by atoms with Gasteiger partial charge in [-0.1, -0.05) is 0 Å². The van der Waals surface area contributed by atoms with Crippen molar-refractivity contribution in [1.29, 1.82) is 0 Å². The molecule has 6 aliphatic carbocycles. The maximum atomic E-state index is 7.44. The second-order valence-electron chi connectivity index (χ2n) is 19.1. The molecule has 16 unspecified atom stereocenters. The van der Waals surface area contributed by atoms with Crippen molar-refractivity contribution in [2.75, 3.05) is 0 Å². The van der Waals surface area contributed by atoms with Gasteiger partial charge >= 0.3 is 307 Å². The van der Waals surface area contributed by atoms with E-state index in [0.717, 1.165) is 47.3 Å². The first-order valence-electron chi connectivity index (χ1n) is 21.8. The molecule has 10 rings (SSSR count). The number of nitrogens with zero attached hydrogens (tertiary/aromatic N) is 2. The Morgan fingerprint density at radius 1 is 0.417 bits per heavy atom. The molecule has 266 valence electrons. The van der Waals surface area contributed by atoms with Gasteiger partial charge in [0, 0.05) is 0 Å². The van der Waals surface area contributed by atoms with Crippen molar-refractivity contribution in [2.24, 2.45) is 47.3 Å². The van der Waals surface area contributed by atoms with Gasteiger partial charge in [-0.3, -0.25) is 0 Å². The summed E-state index contributed by atoms with van der Waals surface area (Å²) in [5, 5.41) is 0. The van der Waals surface area contributed by atoms with Crippen LogP contribution in [0.3, 0.4) is 0 Å². The summed E-state index contributed by atoms with van der Waals surface area (Å²) in [6.45, 7) is 5.00. The van der Waals surface area contributed by atoms with Crippen molar-refractivity contribution in [3.63, 3.8) is 0 Å². The molecule has 0 aromatic carbocycles. The van der Waals surface area contributed by atoms with Crippen molar-refractivity contribution < 1.29 is 14.1 Å². The van der Waals surface area contributed by atoms with E-state index in [2.05, 4.69) is 21.1 Å². The average molecular weight is 778 g/mol. The fourth-order valence-corrected chi connectivity index (χ4v) is 27.0. The van der Waals surface area contributed by atoms with Crippen LogP contribution in [0, 0.1) is 47.3 Å². The van der Waals surface area contributed by atoms with Crippen molar-refractivity contribution in [3.8, 4) is 0 Å². The third-order valence-electron chi connectivity index (χ3n) is 17.0. The molecule has 10 fully saturated rings. The van der Waals surface area contributed by atoms with E-state index in [1.54, 1.807) is 0 Å². The van der Waals surface area contributed by atoms with Gasteiger partial charge < -0.3 is 0 Å². The van der Waals surface area contributed by atoms with Crippen LogP contribution in [0.25, 0.3) is 0 Å².